The van der Waals surface area contributed by atoms with Crippen molar-refractivity contribution >= 4 is 0 Å². The predicted octanol–water partition coefficient (Wildman–Crippen LogP) is 3.34. The minimum Gasteiger partial charge on any atom is -0.496 e. The molecule has 2 aromatic carbocycles. The van der Waals surface area contributed by atoms with Gasteiger partial charge in [-0.25, -0.2) is 0 Å². The van der Waals surface area contributed by atoms with Gasteiger partial charge in [0, 0.05) is 14.2 Å². The van der Waals surface area contributed by atoms with E-state index in [2.05, 4.69) is 0 Å². The summed E-state index contributed by atoms with van der Waals surface area (Å²) in [4.78, 5) is 0. The lowest BCUT2D eigenvalue weighted by Gasteiger charge is -2.19. The molecule has 6 nitrogen and oxygen atoms in total. The van der Waals surface area contributed by atoms with Crippen molar-refractivity contribution in [2.24, 2.45) is 0 Å². The first-order valence-electron chi connectivity index (χ1n) is 7.34. The van der Waals surface area contributed by atoms with Gasteiger partial charge in [-0.3, -0.25) is 0 Å². The Morgan fingerprint density at radius 1 is 0.583 bits per heavy atom. The van der Waals surface area contributed by atoms with Gasteiger partial charge in [-0.2, -0.15) is 0 Å². The van der Waals surface area contributed by atoms with Crippen LogP contribution in [0.1, 0.15) is 0 Å². The van der Waals surface area contributed by atoms with E-state index < -0.39 is 0 Å². The topological polar surface area (TPSA) is 55.4 Å². The first-order chi connectivity index (χ1) is 11.8. The van der Waals surface area contributed by atoms with Crippen molar-refractivity contribution in [1.29, 1.82) is 0 Å². The van der Waals surface area contributed by atoms with E-state index in [9.17, 15) is 0 Å². The van der Waals surface area contributed by atoms with E-state index in [0.29, 0.717) is 23.0 Å². The van der Waals surface area contributed by atoms with Gasteiger partial charge in [0.25, 0.3) is 0 Å². The zero-order valence-corrected chi connectivity index (χ0v) is 14.3. The van der Waals surface area contributed by atoms with Crippen molar-refractivity contribution in [3.63, 3.8) is 0 Å². The van der Waals surface area contributed by atoms with Crippen LogP contribution in [0.2, 0.25) is 0 Å². The van der Waals surface area contributed by atoms with Crippen molar-refractivity contribution in [3.8, 4) is 34.1 Å². The van der Waals surface area contributed by atoms with Crippen LogP contribution >= 0.6 is 0 Å². The SMILES string of the molecule is COCOc1cccc(OC)c1-c1c(OC)cccc1OCOC. The smallest absolute Gasteiger partial charge is 0.188 e. The molecule has 0 unspecified atom stereocenters. The summed E-state index contributed by atoms with van der Waals surface area (Å²) >= 11 is 0. The molecule has 6 heteroatoms. The van der Waals surface area contributed by atoms with Crippen molar-refractivity contribution in [1.82, 2.24) is 0 Å². The highest BCUT2D eigenvalue weighted by Crippen LogP contribution is 2.47. The molecule has 0 fully saturated rings. The van der Waals surface area contributed by atoms with E-state index in [0.717, 1.165) is 11.1 Å². The molecule has 0 aromatic heterocycles. The van der Waals surface area contributed by atoms with Gasteiger partial charge in [-0.1, -0.05) is 12.1 Å². The van der Waals surface area contributed by atoms with E-state index >= 15 is 0 Å². The number of rotatable bonds is 9. The van der Waals surface area contributed by atoms with Gasteiger partial charge in [-0.05, 0) is 24.3 Å². The Morgan fingerprint density at radius 3 is 1.29 bits per heavy atom. The molecule has 2 aromatic rings. The standard InChI is InChI=1S/C18H22O6/c1-19-11-23-15-9-5-7-13(21-3)17(15)18-14(22-4)8-6-10-16(18)24-12-20-2/h5-10H,11-12H2,1-4H3. The van der Waals surface area contributed by atoms with Gasteiger partial charge in [0.2, 0.25) is 0 Å². The molecule has 2 rings (SSSR count). The van der Waals surface area contributed by atoms with Crippen LogP contribution in [0.25, 0.3) is 11.1 Å². The van der Waals surface area contributed by atoms with Crippen LogP contribution in [0, 0.1) is 0 Å². The normalized spacial score (nSPS) is 10.3. The predicted molar refractivity (Wildman–Crippen MR) is 90.0 cm³/mol. The van der Waals surface area contributed by atoms with Crippen LogP contribution in [-0.4, -0.2) is 42.0 Å². The second-order valence-corrected chi connectivity index (χ2v) is 4.77. The molecular formula is C18H22O6. The molecule has 0 saturated carbocycles. The third-order valence-corrected chi connectivity index (χ3v) is 3.33. The largest absolute Gasteiger partial charge is 0.496 e. The maximum atomic E-state index is 5.70. The molecule has 0 heterocycles. The lowest BCUT2D eigenvalue weighted by Crippen LogP contribution is -2.04. The first-order valence-corrected chi connectivity index (χ1v) is 7.34. The monoisotopic (exact) mass is 334 g/mol. The summed E-state index contributed by atoms with van der Waals surface area (Å²) < 4.78 is 32.5. The van der Waals surface area contributed by atoms with Gasteiger partial charge in [0.15, 0.2) is 13.6 Å². The molecule has 0 amide bonds. The first kappa shape index (κ1) is 17.9. The minimum absolute atomic E-state index is 0.115. The van der Waals surface area contributed by atoms with E-state index in [4.69, 9.17) is 28.4 Å². The number of hydrogen-bond donors (Lipinski definition) is 0. The highest BCUT2D eigenvalue weighted by molar-refractivity contribution is 5.85. The molecule has 0 saturated heterocycles. The average Bonchev–Trinajstić information content (AvgIpc) is 2.63. The van der Waals surface area contributed by atoms with E-state index in [-0.39, 0.29) is 13.6 Å². The zero-order valence-electron chi connectivity index (χ0n) is 14.3. The summed E-state index contributed by atoms with van der Waals surface area (Å²) in [5.41, 5.74) is 1.45. The summed E-state index contributed by atoms with van der Waals surface area (Å²) in [5.74, 6) is 2.47. The van der Waals surface area contributed by atoms with E-state index in [1.54, 1.807) is 28.4 Å². The third kappa shape index (κ3) is 3.90. The Labute approximate surface area is 141 Å². The van der Waals surface area contributed by atoms with Crippen LogP contribution in [0.5, 0.6) is 23.0 Å². The molecule has 0 atom stereocenters. The Kier molecular flexibility index (Phi) is 6.72. The molecule has 0 aliphatic rings. The van der Waals surface area contributed by atoms with Crippen LogP contribution in [-0.2, 0) is 9.47 Å². The van der Waals surface area contributed by atoms with Crippen LogP contribution in [0.15, 0.2) is 36.4 Å². The maximum absolute atomic E-state index is 5.70. The molecule has 0 aliphatic heterocycles. The van der Waals surface area contributed by atoms with Gasteiger partial charge < -0.3 is 28.4 Å². The molecule has 24 heavy (non-hydrogen) atoms. The summed E-state index contributed by atoms with van der Waals surface area (Å²) in [5, 5.41) is 0. The van der Waals surface area contributed by atoms with Crippen LogP contribution in [0.3, 0.4) is 0 Å². The van der Waals surface area contributed by atoms with Crippen molar-refractivity contribution in [2.75, 3.05) is 42.0 Å². The van der Waals surface area contributed by atoms with E-state index in [1.807, 2.05) is 36.4 Å². The minimum atomic E-state index is 0.115. The Bertz CT molecular complexity index is 598. The van der Waals surface area contributed by atoms with Crippen molar-refractivity contribution in [3.05, 3.63) is 36.4 Å². The molecule has 0 spiro atoms. The van der Waals surface area contributed by atoms with Gasteiger partial charge in [0.05, 0.1) is 25.3 Å². The number of hydrogen-bond acceptors (Lipinski definition) is 6. The fourth-order valence-corrected chi connectivity index (χ4v) is 2.34. The summed E-state index contributed by atoms with van der Waals surface area (Å²) in [6, 6.07) is 11.1. The van der Waals surface area contributed by atoms with Gasteiger partial charge in [0.1, 0.15) is 23.0 Å². The Morgan fingerprint density at radius 2 is 0.958 bits per heavy atom. The fourth-order valence-electron chi connectivity index (χ4n) is 2.34. The second kappa shape index (κ2) is 9.00. The highest BCUT2D eigenvalue weighted by Gasteiger charge is 2.21. The van der Waals surface area contributed by atoms with Gasteiger partial charge in [-0.15, -0.1) is 0 Å². The highest BCUT2D eigenvalue weighted by atomic mass is 16.7. The fraction of sp³-hybridized carbons (Fsp3) is 0.333. The van der Waals surface area contributed by atoms with Crippen LogP contribution in [0.4, 0.5) is 0 Å². The number of ether oxygens (including phenoxy) is 6. The number of benzene rings is 2. The quantitative estimate of drug-likeness (QED) is 0.656. The van der Waals surface area contributed by atoms with Crippen molar-refractivity contribution < 1.29 is 28.4 Å². The molecule has 0 bridgehead atoms. The third-order valence-electron chi connectivity index (χ3n) is 3.33. The van der Waals surface area contributed by atoms with Gasteiger partial charge >= 0.3 is 0 Å². The molecule has 0 aliphatic carbocycles. The maximum Gasteiger partial charge on any atom is 0.188 e. The van der Waals surface area contributed by atoms with Crippen LogP contribution < -0.4 is 18.9 Å². The zero-order chi connectivity index (χ0) is 17.4. The molecule has 0 radical (unpaired) electrons. The Hall–Kier alpha value is -2.44. The second-order valence-electron chi connectivity index (χ2n) is 4.77. The molecular weight excluding hydrogens is 312 g/mol. The summed E-state index contributed by atoms with van der Waals surface area (Å²) in [7, 11) is 6.33. The molecule has 0 N–H and O–H groups in total. The average molecular weight is 334 g/mol. The summed E-state index contributed by atoms with van der Waals surface area (Å²) in [6.07, 6.45) is 0. The number of methoxy groups -OCH3 is 4. The lowest BCUT2D eigenvalue weighted by molar-refractivity contribution is 0.0498. The van der Waals surface area contributed by atoms with Crippen molar-refractivity contribution in [2.45, 2.75) is 0 Å². The Balaban J connectivity index is 2.64. The molecule has 130 valence electrons. The lowest BCUT2D eigenvalue weighted by atomic mass is 10.0. The summed E-state index contributed by atoms with van der Waals surface area (Å²) in [6.45, 7) is 0.229. The van der Waals surface area contributed by atoms with E-state index in [1.165, 1.54) is 0 Å².